The van der Waals surface area contributed by atoms with E-state index < -0.39 is 0 Å². The molecular weight excluding hydrogens is 310 g/mol. The fourth-order valence-corrected chi connectivity index (χ4v) is 2.58. The van der Waals surface area contributed by atoms with E-state index in [0.717, 1.165) is 35.3 Å². The molecule has 0 aromatic heterocycles. The summed E-state index contributed by atoms with van der Waals surface area (Å²) in [6, 6.07) is 16.0. The first-order valence-electron chi connectivity index (χ1n) is 8.79. The van der Waals surface area contributed by atoms with Crippen LogP contribution >= 0.6 is 0 Å². The van der Waals surface area contributed by atoms with Crippen molar-refractivity contribution >= 4 is 12.0 Å². The highest BCUT2D eigenvalue weighted by molar-refractivity contribution is 5.75. The molecule has 1 unspecified atom stereocenters. The van der Waals surface area contributed by atoms with E-state index in [1.54, 1.807) is 0 Å². The van der Waals surface area contributed by atoms with Crippen LogP contribution in [0, 0.1) is 6.92 Å². The van der Waals surface area contributed by atoms with Gasteiger partial charge in [0.2, 0.25) is 5.91 Å². The van der Waals surface area contributed by atoms with E-state index in [-0.39, 0.29) is 12.0 Å². The minimum absolute atomic E-state index is 0.0795. The summed E-state index contributed by atoms with van der Waals surface area (Å²) >= 11 is 0. The average molecular weight is 337 g/mol. The van der Waals surface area contributed by atoms with Crippen LogP contribution in [0.2, 0.25) is 0 Å². The van der Waals surface area contributed by atoms with Gasteiger partial charge in [0.25, 0.3) is 0 Å². The Hall–Kier alpha value is -2.55. The van der Waals surface area contributed by atoms with Crippen LogP contribution in [0.15, 0.2) is 55.1 Å². The number of benzene rings is 2. The normalized spacial score (nSPS) is 11.6. The number of hydrogen-bond donors (Lipinski definition) is 1. The number of ether oxygens (including phenoxy) is 1. The largest absolute Gasteiger partial charge is 0.490 e. The number of para-hydroxylation sites is 1. The fraction of sp³-hybridized carbons (Fsp3) is 0.318. The molecule has 132 valence electrons. The fourth-order valence-electron chi connectivity index (χ4n) is 2.58. The summed E-state index contributed by atoms with van der Waals surface area (Å²) in [5, 5.41) is 2.96. The molecule has 1 amide bonds. The molecule has 0 saturated carbocycles. The van der Waals surface area contributed by atoms with Gasteiger partial charge in [-0.3, -0.25) is 4.79 Å². The number of carbonyl (C=O) groups excluding carboxylic acids is 1. The monoisotopic (exact) mass is 337 g/mol. The maximum Gasteiger partial charge on any atom is 0.220 e. The zero-order chi connectivity index (χ0) is 18.1. The summed E-state index contributed by atoms with van der Waals surface area (Å²) in [4.78, 5) is 12.0. The van der Waals surface area contributed by atoms with Crippen molar-refractivity contribution in [1.29, 1.82) is 0 Å². The van der Waals surface area contributed by atoms with E-state index in [0.29, 0.717) is 13.0 Å². The second-order valence-corrected chi connectivity index (χ2v) is 6.31. The topological polar surface area (TPSA) is 38.3 Å². The molecule has 3 heteroatoms. The van der Waals surface area contributed by atoms with Gasteiger partial charge in [0.1, 0.15) is 5.75 Å². The average Bonchev–Trinajstić information content (AvgIpc) is 2.62. The molecule has 0 radical (unpaired) electrons. The predicted octanol–water partition coefficient (Wildman–Crippen LogP) is 4.89. The summed E-state index contributed by atoms with van der Waals surface area (Å²) in [6.07, 6.45) is 4.10. The Bertz CT molecular complexity index is 691. The molecule has 25 heavy (non-hydrogen) atoms. The van der Waals surface area contributed by atoms with Crippen molar-refractivity contribution in [3.8, 4) is 5.75 Å². The third-order valence-corrected chi connectivity index (χ3v) is 4.14. The van der Waals surface area contributed by atoms with Gasteiger partial charge in [-0.05, 0) is 49.4 Å². The summed E-state index contributed by atoms with van der Waals surface area (Å²) in [6.45, 7) is 8.38. The predicted molar refractivity (Wildman–Crippen MR) is 103 cm³/mol. The van der Waals surface area contributed by atoms with E-state index in [4.69, 9.17) is 4.74 Å². The number of carbonyl (C=O) groups is 1. The second-order valence-electron chi connectivity index (χ2n) is 6.31. The molecule has 0 aliphatic rings. The molecule has 1 N–H and O–H groups in total. The van der Waals surface area contributed by atoms with Gasteiger partial charge in [0, 0.05) is 13.0 Å². The third-order valence-electron chi connectivity index (χ3n) is 4.14. The summed E-state index contributed by atoms with van der Waals surface area (Å²) in [7, 11) is 0. The third kappa shape index (κ3) is 6.46. The second kappa shape index (κ2) is 9.67. The molecule has 2 aromatic rings. The molecule has 0 bridgehead atoms. The van der Waals surface area contributed by atoms with Crippen LogP contribution in [-0.2, 0) is 11.3 Å². The van der Waals surface area contributed by atoms with Crippen molar-refractivity contribution in [1.82, 2.24) is 5.32 Å². The lowest BCUT2D eigenvalue weighted by atomic mass is 10.1. The lowest BCUT2D eigenvalue weighted by Gasteiger charge is -2.16. The van der Waals surface area contributed by atoms with Crippen molar-refractivity contribution in [3.05, 3.63) is 71.8 Å². The number of amides is 1. The van der Waals surface area contributed by atoms with Crippen molar-refractivity contribution in [2.45, 2.75) is 45.8 Å². The lowest BCUT2D eigenvalue weighted by Crippen LogP contribution is -2.23. The first kappa shape index (κ1) is 18.8. The van der Waals surface area contributed by atoms with Crippen LogP contribution in [0.1, 0.15) is 42.9 Å². The first-order valence-corrected chi connectivity index (χ1v) is 8.79. The summed E-state index contributed by atoms with van der Waals surface area (Å²) in [5.41, 5.74) is 3.31. The maximum absolute atomic E-state index is 12.0. The summed E-state index contributed by atoms with van der Waals surface area (Å²) < 4.78 is 5.94. The Balaban J connectivity index is 1.66. The summed E-state index contributed by atoms with van der Waals surface area (Å²) in [5.74, 6) is 0.998. The number of hydrogen-bond acceptors (Lipinski definition) is 2. The Kier molecular flexibility index (Phi) is 7.27. The van der Waals surface area contributed by atoms with Gasteiger partial charge in [-0.1, -0.05) is 55.1 Å². The van der Waals surface area contributed by atoms with Crippen LogP contribution in [-0.4, -0.2) is 12.0 Å². The standard InChI is InChI=1S/C22H27NO2/c1-4-19-12-14-20(15-13-19)16-23-22(24)11-7-9-18(3)25-21-10-6-5-8-17(21)2/h4-6,8,10,12-15,18H,1,7,9,11,16H2,2-3H3,(H,23,24). The van der Waals surface area contributed by atoms with Crippen molar-refractivity contribution in [2.24, 2.45) is 0 Å². The molecule has 1 atom stereocenters. The van der Waals surface area contributed by atoms with Gasteiger partial charge in [0.05, 0.1) is 6.10 Å². The Morgan fingerprint density at radius 1 is 1.20 bits per heavy atom. The highest BCUT2D eigenvalue weighted by Gasteiger charge is 2.08. The Morgan fingerprint density at radius 2 is 1.92 bits per heavy atom. The van der Waals surface area contributed by atoms with E-state index in [9.17, 15) is 4.79 Å². The smallest absolute Gasteiger partial charge is 0.220 e. The molecular formula is C22H27NO2. The highest BCUT2D eigenvalue weighted by atomic mass is 16.5. The first-order chi connectivity index (χ1) is 12.1. The zero-order valence-electron chi connectivity index (χ0n) is 15.1. The van der Waals surface area contributed by atoms with Crippen molar-refractivity contribution < 1.29 is 9.53 Å². The van der Waals surface area contributed by atoms with Crippen LogP contribution in [0.25, 0.3) is 6.08 Å². The van der Waals surface area contributed by atoms with Crippen LogP contribution in [0.4, 0.5) is 0 Å². The Morgan fingerprint density at radius 3 is 2.60 bits per heavy atom. The van der Waals surface area contributed by atoms with Crippen LogP contribution < -0.4 is 10.1 Å². The number of aryl methyl sites for hydroxylation is 1. The van der Waals surface area contributed by atoms with E-state index in [2.05, 4.69) is 11.9 Å². The number of rotatable bonds is 9. The minimum Gasteiger partial charge on any atom is -0.490 e. The molecule has 2 aromatic carbocycles. The van der Waals surface area contributed by atoms with Gasteiger partial charge in [-0.2, -0.15) is 0 Å². The van der Waals surface area contributed by atoms with Crippen molar-refractivity contribution in [2.75, 3.05) is 0 Å². The molecule has 0 spiro atoms. The zero-order valence-corrected chi connectivity index (χ0v) is 15.1. The quantitative estimate of drug-likeness (QED) is 0.707. The molecule has 2 rings (SSSR count). The molecule has 0 saturated heterocycles. The van der Waals surface area contributed by atoms with Crippen molar-refractivity contribution in [3.63, 3.8) is 0 Å². The van der Waals surface area contributed by atoms with Crippen LogP contribution in [0.5, 0.6) is 5.75 Å². The molecule has 0 fully saturated rings. The van der Waals surface area contributed by atoms with E-state index in [1.807, 2.05) is 68.5 Å². The molecule has 0 aliphatic carbocycles. The minimum atomic E-state index is 0.0795. The van der Waals surface area contributed by atoms with Gasteiger partial charge in [-0.15, -0.1) is 0 Å². The Labute approximate surface area is 150 Å². The maximum atomic E-state index is 12.0. The van der Waals surface area contributed by atoms with Gasteiger partial charge in [0.15, 0.2) is 0 Å². The SMILES string of the molecule is C=Cc1ccc(CNC(=O)CCCC(C)Oc2ccccc2C)cc1. The van der Waals surface area contributed by atoms with Gasteiger partial charge < -0.3 is 10.1 Å². The molecule has 3 nitrogen and oxygen atoms in total. The number of nitrogens with one attached hydrogen (secondary N) is 1. The van der Waals surface area contributed by atoms with Crippen LogP contribution in [0.3, 0.4) is 0 Å². The lowest BCUT2D eigenvalue weighted by molar-refractivity contribution is -0.121. The van der Waals surface area contributed by atoms with Gasteiger partial charge in [-0.25, -0.2) is 0 Å². The van der Waals surface area contributed by atoms with E-state index in [1.165, 1.54) is 0 Å². The molecule has 0 aliphatic heterocycles. The highest BCUT2D eigenvalue weighted by Crippen LogP contribution is 2.19. The van der Waals surface area contributed by atoms with E-state index >= 15 is 0 Å². The van der Waals surface area contributed by atoms with Gasteiger partial charge >= 0.3 is 0 Å². The molecule has 0 heterocycles.